The molecule has 0 radical (unpaired) electrons. The van der Waals surface area contributed by atoms with E-state index in [-0.39, 0.29) is 18.2 Å². The Kier molecular flexibility index (Phi) is 4.57. The molecule has 0 N–H and O–H groups in total. The van der Waals surface area contributed by atoms with E-state index in [2.05, 4.69) is 5.38 Å². The van der Waals surface area contributed by atoms with Gasteiger partial charge in [-0.15, -0.1) is 0 Å². The zero-order valence-electron chi connectivity index (χ0n) is 10.1. The summed E-state index contributed by atoms with van der Waals surface area (Å²) in [5, 5.41) is 4.10. The average Bonchev–Trinajstić information content (AvgIpc) is 2.97. The summed E-state index contributed by atoms with van der Waals surface area (Å²) >= 11 is 1.66. The normalized spacial score (nSPS) is 23.8. The van der Waals surface area contributed by atoms with Crippen molar-refractivity contribution in [3.63, 3.8) is 0 Å². The molecule has 4 heteroatoms. The van der Waals surface area contributed by atoms with Gasteiger partial charge in [0.1, 0.15) is 6.10 Å². The van der Waals surface area contributed by atoms with E-state index in [1.165, 1.54) is 5.56 Å². The van der Waals surface area contributed by atoms with Crippen LogP contribution in [-0.4, -0.2) is 25.3 Å². The number of esters is 1. The Morgan fingerprint density at radius 2 is 2.29 bits per heavy atom. The number of ether oxygens (including phenoxy) is 2. The molecule has 0 aromatic carbocycles. The molecule has 0 unspecified atom stereocenters. The summed E-state index contributed by atoms with van der Waals surface area (Å²) in [6.45, 7) is 0. The van der Waals surface area contributed by atoms with Crippen LogP contribution in [0.4, 0.5) is 0 Å². The van der Waals surface area contributed by atoms with Crippen LogP contribution in [0.2, 0.25) is 0 Å². The van der Waals surface area contributed by atoms with Gasteiger partial charge in [-0.1, -0.05) is 0 Å². The summed E-state index contributed by atoms with van der Waals surface area (Å²) in [4.78, 5) is 11.7. The van der Waals surface area contributed by atoms with Crippen molar-refractivity contribution in [2.45, 2.75) is 44.3 Å². The molecule has 1 heterocycles. The Bertz CT molecular complexity index is 348. The first-order valence-corrected chi connectivity index (χ1v) is 6.97. The molecule has 1 aromatic heterocycles. The molecule has 1 aromatic rings. The Hall–Kier alpha value is -0.870. The molecule has 3 nitrogen and oxygen atoms in total. The Morgan fingerprint density at radius 3 is 3.00 bits per heavy atom. The van der Waals surface area contributed by atoms with Crippen molar-refractivity contribution in [3.05, 3.63) is 22.4 Å². The zero-order valence-corrected chi connectivity index (χ0v) is 10.9. The van der Waals surface area contributed by atoms with Gasteiger partial charge in [0, 0.05) is 13.5 Å². The maximum atomic E-state index is 11.7. The second-order valence-electron chi connectivity index (χ2n) is 4.36. The highest BCUT2D eigenvalue weighted by Crippen LogP contribution is 2.24. The van der Waals surface area contributed by atoms with Crippen LogP contribution in [0.3, 0.4) is 0 Å². The summed E-state index contributed by atoms with van der Waals surface area (Å²) in [5.41, 5.74) is 1.21. The first-order chi connectivity index (χ1) is 8.29. The maximum Gasteiger partial charge on any atom is 0.306 e. The molecule has 0 saturated heterocycles. The monoisotopic (exact) mass is 254 g/mol. The van der Waals surface area contributed by atoms with Crippen LogP contribution < -0.4 is 0 Å². The highest BCUT2D eigenvalue weighted by atomic mass is 32.1. The van der Waals surface area contributed by atoms with Crippen LogP contribution in [0.25, 0.3) is 0 Å². The van der Waals surface area contributed by atoms with Gasteiger partial charge >= 0.3 is 5.97 Å². The van der Waals surface area contributed by atoms with E-state index in [1.807, 2.05) is 11.4 Å². The van der Waals surface area contributed by atoms with E-state index >= 15 is 0 Å². The molecule has 0 aliphatic heterocycles. The van der Waals surface area contributed by atoms with Crippen molar-refractivity contribution in [1.29, 1.82) is 0 Å². The molecule has 2 atom stereocenters. The summed E-state index contributed by atoms with van der Waals surface area (Å²) in [5.74, 6) is -0.106. The van der Waals surface area contributed by atoms with Gasteiger partial charge < -0.3 is 9.47 Å². The van der Waals surface area contributed by atoms with Crippen LogP contribution in [0.1, 0.15) is 31.2 Å². The summed E-state index contributed by atoms with van der Waals surface area (Å²) in [6, 6.07) is 2.05. The van der Waals surface area contributed by atoms with E-state index in [4.69, 9.17) is 9.47 Å². The Labute approximate surface area is 106 Å². The number of carbonyl (C=O) groups excluding carboxylic acids is 1. The van der Waals surface area contributed by atoms with Gasteiger partial charge in [0.2, 0.25) is 0 Å². The fourth-order valence-electron chi connectivity index (χ4n) is 2.21. The molecule has 0 spiro atoms. The topological polar surface area (TPSA) is 35.5 Å². The minimum atomic E-state index is -0.106. The molecule has 1 aliphatic carbocycles. The minimum Gasteiger partial charge on any atom is -0.460 e. The lowest BCUT2D eigenvalue weighted by Gasteiger charge is -2.18. The first-order valence-electron chi connectivity index (χ1n) is 6.03. The molecule has 17 heavy (non-hydrogen) atoms. The largest absolute Gasteiger partial charge is 0.460 e. The van der Waals surface area contributed by atoms with Crippen LogP contribution in [-0.2, 0) is 20.7 Å². The number of rotatable bonds is 5. The standard InChI is InChI=1S/C13H18O3S/c1-15-11-3-2-4-12(11)16-13(14)6-5-10-7-8-17-9-10/h7-9,11-12H,2-6H2,1H3/t11-,12-/m0/s1. The molecule has 1 fully saturated rings. The molecular formula is C13H18O3S. The van der Waals surface area contributed by atoms with Crippen molar-refractivity contribution in [2.24, 2.45) is 0 Å². The van der Waals surface area contributed by atoms with E-state index in [0.29, 0.717) is 6.42 Å². The van der Waals surface area contributed by atoms with Gasteiger partial charge in [0.15, 0.2) is 0 Å². The fraction of sp³-hybridized carbons (Fsp3) is 0.615. The van der Waals surface area contributed by atoms with Gasteiger partial charge in [-0.25, -0.2) is 0 Å². The Morgan fingerprint density at radius 1 is 1.47 bits per heavy atom. The van der Waals surface area contributed by atoms with E-state index in [1.54, 1.807) is 18.4 Å². The van der Waals surface area contributed by atoms with E-state index in [0.717, 1.165) is 25.7 Å². The number of carbonyl (C=O) groups is 1. The van der Waals surface area contributed by atoms with Gasteiger partial charge in [-0.2, -0.15) is 11.3 Å². The van der Waals surface area contributed by atoms with Crippen molar-refractivity contribution in [1.82, 2.24) is 0 Å². The SMILES string of the molecule is CO[C@H]1CCC[C@@H]1OC(=O)CCc1ccsc1. The van der Waals surface area contributed by atoms with Crippen LogP contribution in [0.5, 0.6) is 0 Å². The third-order valence-corrected chi connectivity index (χ3v) is 3.91. The molecule has 94 valence electrons. The third-order valence-electron chi connectivity index (χ3n) is 3.18. The molecular weight excluding hydrogens is 236 g/mol. The molecule has 1 aliphatic rings. The molecule has 1 saturated carbocycles. The molecule has 0 bridgehead atoms. The first kappa shape index (κ1) is 12.6. The second kappa shape index (κ2) is 6.17. The van der Waals surface area contributed by atoms with E-state index < -0.39 is 0 Å². The lowest BCUT2D eigenvalue weighted by molar-refractivity contribution is -0.154. The average molecular weight is 254 g/mol. The fourth-order valence-corrected chi connectivity index (χ4v) is 2.91. The van der Waals surface area contributed by atoms with Crippen LogP contribution in [0.15, 0.2) is 16.8 Å². The van der Waals surface area contributed by atoms with Gasteiger partial charge in [-0.05, 0) is 48.1 Å². The Balaban J connectivity index is 1.73. The third kappa shape index (κ3) is 3.54. The number of hydrogen-bond acceptors (Lipinski definition) is 4. The van der Waals surface area contributed by atoms with Gasteiger partial charge in [0.25, 0.3) is 0 Å². The van der Waals surface area contributed by atoms with Crippen LogP contribution >= 0.6 is 11.3 Å². The van der Waals surface area contributed by atoms with Crippen molar-refractivity contribution >= 4 is 17.3 Å². The summed E-state index contributed by atoms with van der Waals surface area (Å²) in [7, 11) is 1.68. The molecule has 2 rings (SSSR count). The van der Waals surface area contributed by atoms with Gasteiger partial charge in [0.05, 0.1) is 6.10 Å². The number of thiophene rings is 1. The number of aryl methyl sites for hydroxylation is 1. The van der Waals surface area contributed by atoms with Crippen molar-refractivity contribution < 1.29 is 14.3 Å². The zero-order chi connectivity index (χ0) is 12.1. The maximum absolute atomic E-state index is 11.7. The quantitative estimate of drug-likeness (QED) is 0.758. The van der Waals surface area contributed by atoms with Crippen LogP contribution in [0, 0.1) is 0 Å². The van der Waals surface area contributed by atoms with Gasteiger partial charge in [-0.3, -0.25) is 4.79 Å². The smallest absolute Gasteiger partial charge is 0.306 e. The number of methoxy groups -OCH3 is 1. The lowest BCUT2D eigenvalue weighted by atomic mass is 10.2. The van der Waals surface area contributed by atoms with E-state index in [9.17, 15) is 4.79 Å². The highest BCUT2D eigenvalue weighted by molar-refractivity contribution is 7.07. The minimum absolute atomic E-state index is 0.0324. The highest BCUT2D eigenvalue weighted by Gasteiger charge is 2.30. The lowest BCUT2D eigenvalue weighted by Crippen LogP contribution is -2.27. The second-order valence-corrected chi connectivity index (χ2v) is 5.15. The predicted octanol–water partition coefficient (Wildman–Crippen LogP) is 2.79. The predicted molar refractivity (Wildman–Crippen MR) is 67.2 cm³/mol. The number of hydrogen-bond donors (Lipinski definition) is 0. The van der Waals surface area contributed by atoms with Crippen molar-refractivity contribution in [2.75, 3.05) is 7.11 Å². The summed E-state index contributed by atoms with van der Waals surface area (Å²) < 4.78 is 10.8. The summed E-state index contributed by atoms with van der Waals surface area (Å²) in [6.07, 6.45) is 4.31. The van der Waals surface area contributed by atoms with Crippen molar-refractivity contribution in [3.8, 4) is 0 Å². The molecule has 0 amide bonds.